The monoisotopic (exact) mass is 440 g/mol. The number of anilines is 1. The first-order chi connectivity index (χ1) is 9.70. The zero-order chi connectivity index (χ0) is 15.8. The topological polar surface area (TPSA) is 59.1 Å². The van der Waals surface area contributed by atoms with Crippen molar-refractivity contribution in [3.05, 3.63) is 50.7 Å². The highest BCUT2D eigenvalue weighted by Gasteiger charge is 2.24. The molecule has 0 aliphatic heterocycles. The Labute approximate surface area is 136 Å². The maximum atomic E-state index is 13.7. The van der Waals surface area contributed by atoms with E-state index < -0.39 is 26.6 Å². The van der Waals surface area contributed by atoms with E-state index in [1.165, 1.54) is 12.3 Å². The van der Waals surface area contributed by atoms with Gasteiger partial charge in [0.1, 0.15) is 21.1 Å². The zero-order valence-electron chi connectivity index (χ0n) is 10.5. The van der Waals surface area contributed by atoms with Gasteiger partial charge in [0.2, 0.25) is 0 Å². The van der Waals surface area contributed by atoms with Crippen molar-refractivity contribution in [2.24, 2.45) is 0 Å². The third kappa shape index (κ3) is 3.58. The lowest BCUT2D eigenvalue weighted by molar-refractivity contribution is 0.548. The smallest absolute Gasteiger partial charge is 0.266 e. The largest absolute Gasteiger partial charge is 0.278 e. The summed E-state index contributed by atoms with van der Waals surface area (Å²) in [5.74, 6) is -2.06. The number of pyridine rings is 1. The van der Waals surface area contributed by atoms with E-state index in [1.807, 2.05) is 0 Å². The number of nitrogens with zero attached hydrogens (tertiary/aromatic N) is 1. The van der Waals surface area contributed by atoms with Crippen LogP contribution in [0.4, 0.5) is 14.5 Å². The molecule has 0 aliphatic rings. The molecule has 2 aromatic rings. The van der Waals surface area contributed by atoms with Crippen molar-refractivity contribution in [1.82, 2.24) is 4.98 Å². The molecular formula is C12H8Br2F2N2O2S. The molecule has 0 unspecified atom stereocenters. The normalized spacial score (nSPS) is 11.5. The molecule has 0 saturated carbocycles. The first kappa shape index (κ1) is 16.3. The summed E-state index contributed by atoms with van der Waals surface area (Å²) in [5.41, 5.74) is 0.875. The first-order valence-corrected chi connectivity index (χ1v) is 8.57. The lowest BCUT2D eigenvalue weighted by Gasteiger charge is -2.11. The van der Waals surface area contributed by atoms with E-state index in [-0.39, 0.29) is 10.2 Å². The number of hydrogen-bond acceptors (Lipinski definition) is 3. The minimum Gasteiger partial charge on any atom is -0.278 e. The standard InChI is InChI=1S/C12H8Br2F2N2O2S/c1-6-2-8(5-17-12(6)14)18-21(19,20)11-9(13)3-7(15)4-10(11)16/h2-5,18H,1H3. The van der Waals surface area contributed by atoms with Gasteiger partial charge in [-0.05, 0) is 56.5 Å². The number of aryl methyl sites for hydroxylation is 1. The van der Waals surface area contributed by atoms with Crippen LogP contribution in [0.1, 0.15) is 5.56 Å². The van der Waals surface area contributed by atoms with Gasteiger partial charge in [0, 0.05) is 10.5 Å². The van der Waals surface area contributed by atoms with Crippen molar-refractivity contribution < 1.29 is 17.2 Å². The summed E-state index contributed by atoms with van der Waals surface area (Å²) in [4.78, 5) is 3.28. The Morgan fingerprint density at radius 2 is 1.86 bits per heavy atom. The highest BCUT2D eigenvalue weighted by Crippen LogP contribution is 2.28. The minimum absolute atomic E-state index is 0.173. The Hall–Kier alpha value is -1.06. The van der Waals surface area contributed by atoms with Gasteiger partial charge in [0.05, 0.1) is 11.9 Å². The fourth-order valence-electron chi connectivity index (χ4n) is 1.61. The van der Waals surface area contributed by atoms with Crippen LogP contribution in [0.5, 0.6) is 0 Å². The maximum absolute atomic E-state index is 13.7. The van der Waals surface area contributed by atoms with E-state index in [1.54, 1.807) is 6.92 Å². The molecule has 1 aromatic heterocycles. The number of hydrogen-bond donors (Lipinski definition) is 1. The van der Waals surface area contributed by atoms with Gasteiger partial charge in [-0.15, -0.1) is 0 Å². The summed E-state index contributed by atoms with van der Waals surface area (Å²) in [6.45, 7) is 1.73. The Morgan fingerprint density at radius 1 is 1.19 bits per heavy atom. The van der Waals surface area contributed by atoms with Crippen LogP contribution >= 0.6 is 31.9 Å². The number of sulfonamides is 1. The van der Waals surface area contributed by atoms with Crippen LogP contribution < -0.4 is 4.72 Å². The van der Waals surface area contributed by atoms with Crippen LogP contribution in [0.3, 0.4) is 0 Å². The Balaban J connectivity index is 2.46. The van der Waals surface area contributed by atoms with Gasteiger partial charge in [-0.25, -0.2) is 22.2 Å². The molecule has 9 heteroatoms. The molecule has 4 nitrogen and oxygen atoms in total. The molecule has 0 atom stereocenters. The highest BCUT2D eigenvalue weighted by molar-refractivity contribution is 9.10. The Bertz CT molecular complexity index is 790. The minimum atomic E-state index is -4.21. The molecular weight excluding hydrogens is 434 g/mol. The fraction of sp³-hybridized carbons (Fsp3) is 0.0833. The van der Waals surface area contributed by atoms with Gasteiger partial charge in [0.15, 0.2) is 0 Å². The fourth-order valence-corrected chi connectivity index (χ4v) is 4.03. The average Bonchev–Trinajstić information content (AvgIpc) is 2.31. The number of benzene rings is 1. The second-order valence-electron chi connectivity index (χ2n) is 4.14. The van der Waals surface area contributed by atoms with Crippen LogP contribution in [-0.2, 0) is 10.0 Å². The number of nitrogens with one attached hydrogen (secondary N) is 1. The van der Waals surface area contributed by atoms with Crippen molar-refractivity contribution in [2.75, 3.05) is 4.72 Å². The van der Waals surface area contributed by atoms with Crippen molar-refractivity contribution >= 4 is 47.6 Å². The molecule has 1 aromatic carbocycles. The van der Waals surface area contributed by atoms with E-state index in [0.717, 1.165) is 6.07 Å². The average molecular weight is 442 g/mol. The Morgan fingerprint density at radius 3 is 2.43 bits per heavy atom. The summed E-state index contributed by atoms with van der Waals surface area (Å²) in [6, 6.07) is 2.91. The predicted molar refractivity (Wildman–Crippen MR) is 81.5 cm³/mol. The molecule has 1 heterocycles. The quantitative estimate of drug-likeness (QED) is 0.732. The van der Waals surface area contributed by atoms with Crippen LogP contribution in [-0.4, -0.2) is 13.4 Å². The third-order valence-electron chi connectivity index (χ3n) is 2.50. The first-order valence-electron chi connectivity index (χ1n) is 5.50. The van der Waals surface area contributed by atoms with E-state index in [0.29, 0.717) is 16.2 Å². The van der Waals surface area contributed by atoms with Gasteiger partial charge in [-0.1, -0.05) is 0 Å². The second-order valence-corrected chi connectivity index (χ2v) is 7.36. The lowest BCUT2D eigenvalue weighted by atomic mass is 10.3. The Kier molecular flexibility index (Phi) is 4.64. The SMILES string of the molecule is Cc1cc(NS(=O)(=O)c2c(F)cc(F)cc2Br)cnc1Br. The van der Waals surface area contributed by atoms with Crippen LogP contribution in [0.2, 0.25) is 0 Å². The van der Waals surface area contributed by atoms with Gasteiger partial charge in [0.25, 0.3) is 10.0 Å². The zero-order valence-corrected chi connectivity index (χ0v) is 14.5. The molecule has 0 spiro atoms. The molecule has 2 rings (SSSR count). The molecule has 0 saturated heterocycles. The number of halogens is 4. The van der Waals surface area contributed by atoms with Gasteiger partial charge in [-0.3, -0.25) is 4.72 Å². The van der Waals surface area contributed by atoms with E-state index >= 15 is 0 Å². The molecule has 0 fully saturated rings. The summed E-state index contributed by atoms with van der Waals surface area (Å²) in [6.07, 6.45) is 1.28. The van der Waals surface area contributed by atoms with Gasteiger partial charge in [-0.2, -0.15) is 0 Å². The van der Waals surface area contributed by atoms with Crippen LogP contribution in [0.25, 0.3) is 0 Å². The summed E-state index contributed by atoms with van der Waals surface area (Å²) in [7, 11) is -4.21. The summed E-state index contributed by atoms with van der Waals surface area (Å²) >= 11 is 6.04. The van der Waals surface area contributed by atoms with Gasteiger partial charge >= 0.3 is 0 Å². The molecule has 0 aliphatic carbocycles. The lowest BCUT2D eigenvalue weighted by Crippen LogP contribution is -2.16. The molecule has 0 amide bonds. The van der Waals surface area contributed by atoms with E-state index in [2.05, 4.69) is 41.6 Å². The predicted octanol–water partition coefficient (Wildman–Crippen LogP) is 3.99. The van der Waals surface area contributed by atoms with Gasteiger partial charge < -0.3 is 0 Å². The summed E-state index contributed by atoms with van der Waals surface area (Å²) in [5, 5.41) is 0. The van der Waals surface area contributed by atoms with Crippen molar-refractivity contribution in [2.45, 2.75) is 11.8 Å². The number of rotatable bonds is 3. The maximum Gasteiger partial charge on any atom is 0.266 e. The molecule has 0 bridgehead atoms. The molecule has 21 heavy (non-hydrogen) atoms. The van der Waals surface area contributed by atoms with E-state index in [9.17, 15) is 17.2 Å². The third-order valence-corrected chi connectivity index (χ3v) is 5.67. The second kappa shape index (κ2) is 5.98. The van der Waals surface area contributed by atoms with Crippen LogP contribution in [0.15, 0.2) is 38.4 Å². The summed E-state index contributed by atoms with van der Waals surface area (Å²) < 4.78 is 53.7. The molecule has 0 radical (unpaired) electrons. The molecule has 112 valence electrons. The van der Waals surface area contributed by atoms with Crippen LogP contribution in [0, 0.1) is 18.6 Å². The van der Waals surface area contributed by atoms with Crippen molar-refractivity contribution in [1.29, 1.82) is 0 Å². The highest BCUT2D eigenvalue weighted by atomic mass is 79.9. The van der Waals surface area contributed by atoms with E-state index in [4.69, 9.17) is 0 Å². The number of aromatic nitrogens is 1. The van der Waals surface area contributed by atoms with Crippen molar-refractivity contribution in [3.8, 4) is 0 Å². The van der Waals surface area contributed by atoms with Crippen molar-refractivity contribution in [3.63, 3.8) is 0 Å². The molecule has 1 N–H and O–H groups in total.